The molecule has 0 spiro atoms. The van der Waals surface area contributed by atoms with E-state index in [9.17, 15) is 24.9 Å². The lowest BCUT2D eigenvalue weighted by Gasteiger charge is -2.11. The molecule has 0 saturated carbocycles. The number of hydrogen-bond acceptors (Lipinski definition) is 4. The SMILES string of the molecule is CC(C)=CC(=O)C/C(C)=C/CC/C(C)=C/Cc1c(O)cc(C)c(C(=O)O)c1O. The van der Waals surface area contributed by atoms with Gasteiger partial charge < -0.3 is 15.3 Å². The highest BCUT2D eigenvalue weighted by Crippen LogP contribution is 2.34. The number of rotatable bonds is 9. The molecule has 1 aromatic rings. The molecule has 0 amide bonds. The van der Waals surface area contributed by atoms with Crippen molar-refractivity contribution in [2.24, 2.45) is 0 Å². The summed E-state index contributed by atoms with van der Waals surface area (Å²) in [6, 6.07) is 1.36. The first kappa shape index (κ1) is 23.2. The van der Waals surface area contributed by atoms with E-state index < -0.39 is 5.97 Å². The second kappa shape index (κ2) is 10.5. The zero-order valence-electron chi connectivity index (χ0n) is 17.3. The van der Waals surface area contributed by atoms with Gasteiger partial charge in [-0.2, -0.15) is 0 Å². The molecular formula is C23H30O5. The van der Waals surface area contributed by atoms with Gasteiger partial charge in [0, 0.05) is 12.0 Å². The van der Waals surface area contributed by atoms with Gasteiger partial charge in [0.1, 0.15) is 17.1 Å². The first-order valence-electron chi connectivity index (χ1n) is 9.29. The summed E-state index contributed by atoms with van der Waals surface area (Å²) in [6.45, 7) is 9.20. The molecule has 0 heterocycles. The Morgan fingerprint density at radius 2 is 1.68 bits per heavy atom. The lowest BCUT2D eigenvalue weighted by atomic mass is 9.98. The summed E-state index contributed by atoms with van der Waals surface area (Å²) < 4.78 is 0. The molecule has 0 fully saturated rings. The van der Waals surface area contributed by atoms with E-state index in [0.717, 1.165) is 29.6 Å². The molecule has 28 heavy (non-hydrogen) atoms. The number of carboxylic acids is 1. The Bertz CT molecular complexity index is 837. The number of carboxylic acid groups (broad SMARTS) is 1. The number of carbonyl (C=O) groups is 2. The maximum atomic E-state index is 11.8. The van der Waals surface area contributed by atoms with Gasteiger partial charge >= 0.3 is 5.97 Å². The fourth-order valence-corrected chi connectivity index (χ4v) is 2.94. The van der Waals surface area contributed by atoms with E-state index in [2.05, 4.69) is 0 Å². The fraction of sp³-hybridized carbons (Fsp3) is 0.391. The van der Waals surface area contributed by atoms with Crippen LogP contribution in [0.3, 0.4) is 0 Å². The molecule has 0 unspecified atom stereocenters. The van der Waals surface area contributed by atoms with Crippen LogP contribution in [0.25, 0.3) is 0 Å². The molecule has 0 radical (unpaired) electrons. The van der Waals surface area contributed by atoms with Crippen molar-refractivity contribution in [1.29, 1.82) is 0 Å². The van der Waals surface area contributed by atoms with Crippen LogP contribution >= 0.6 is 0 Å². The second-order valence-corrected chi connectivity index (χ2v) is 7.43. The van der Waals surface area contributed by atoms with Crippen LogP contribution in [0.15, 0.2) is 41.0 Å². The number of phenols is 2. The Balaban J connectivity index is 2.75. The van der Waals surface area contributed by atoms with E-state index >= 15 is 0 Å². The predicted molar refractivity (Wildman–Crippen MR) is 111 cm³/mol. The van der Waals surface area contributed by atoms with E-state index in [1.165, 1.54) is 13.0 Å². The fourth-order valence-electron chi connectivity index (χ4n) is 2.94. The molecule has 0 aliphatic carbocycles. The number of aromatic carboxylic acids is 1. The number of aromatic hydroxyl groups is 2. The first-order chi connectivity index (χ1) is 13.0. The van der Waals surface area contributed by atoms with E-state index in [-0.39, 0.29) is 34.8 Å². The highest BCUT2D eigenvalue weighted by Gasteiger charge is 2.19. The molecule has 0 aromatic heterocycles. The summed E-state index contributed by atoms with van der Waals surface area (Å²) in [6.07, 6.45) is 7.76. The van der Waals surface area contributed by atoms with Gasteiger partial charge in [-0.3, -0.25) is 4.79 Å². The summed E-state index contributed by atoms with van der Waals surface area (Å²) in [5, 5.41) is 29.5. The number of ketones is 1. The van der Waals surface area contributed by atoms with Crippen LogP contribution in [0, 0.1) is 6.92 Å². The van der Waals surface area contributed by atoms with Crippen molar-refractivity contribution in [3.8, 4) is 11.5 Å². The lowest BCUT2D eigenvalue weighted by Crippen LogP contribution is -2.02. The van der Waals surface area contributed by atoms with Crippen molar-refractivity contribution in [3.05, 3.63) is 57.7 Å². The van der Waals surface area contributed by atoms with Gasteiger partial charge in [-0.25, -0.2) is 4.79 Å². The summed E-state index contributed by atoms with van der Waals surface area (Å²) in [5.41, 5.74) is 3.41. The van der Waals surface area contributed by atoms with Crippen LogP contribution in [0.2, 0.25) is 0 Å². The molecule has 3 N–H and O–H groups in total. The molecule has 5 nitrogen and oxygen atoms in total. The van der Waals surface area contributed by atoms with Gasteiger partial charge in [0.15, 0.2) is 5.78 Å². The van der Waals surface area contributed by atoms with Crippen LogP contribution in [0.4, 0.5) is 0 Å². The lowest BCUT2D eigenvalue weighted by molar-refractivity contribution is -0.114. The quantitative estimate of drug-likeness (QED) is 0.398. The molecule has 0 atom stereocenters. The van der Waals surface area contributed by atoms with Crippen LogP contribution in [-0.4, -0.2) is 27.1 Å². The van der Waals surface area contributed by atoms with Crippen LogP contribution in [0.1, 0.15) is 68.4 Å². The molecule has 1 aromatic carbocycles. The summed E-state index contributed by atoms with van der Waals surface area (Å²) in [5.74, 6) is -1.62. The maximum Gasteiger partial charge on any atom is 0.339 e. The van der Waals surface area contributed by atoms with Gasteiger partial charge in [0.25, 0.3) is 0 Å². The van der Waals surface area contributed by atoms with Crippen molar-refractivity contribution in [2.75, 3.05) is 0 Å². The van der Waals surface area contributed by atoms with E-state index in [1.54, 1.807) is 6.08 Å². The molecule has 0 bridgehead atoms. The zero-order chi connectivity index (χ0) is 21.4. The Labute approximate surface area is 166 Å². The molecule has 152 valence electrons. The number of benzene rings is 1. The molecule has 0 saturated heterocycles. The largest absolute Gasteiger partial charge is 0.508 e. The third-order valence-corrected chi connectivity index (χ3v) is 4.38. The molecule has 0 aliphatic heterocycles. The number of phenolic OH excluding ortho intramolecular Hbond substituents is 1. The topological polar surface area (TPSA) is 94.8 Å². The highest BCUT2D eigenvalue weighted by molar-refractivity contribution is 5.93. The average molecular weight is 386 g/mol. The van der Waals surface area contributed by atoms with Crippen molar-refractivity contribution in [2.45, 2.75) is 60.3 Å². The van der Waals surface area contributed by atoms with Crippen molar-refractivity contribution >= 4 is 11.8 Å². The van der Waals surface area contributed by atoms with Crippen molar-refractivity contribution < 1.29 is 24.9 Å². The number of carbonyl (C=O) groups excluding carboxylic acids is 1. The Kier molecular flexibility index (Phi) is 8.71. The Hall–Kier alpha value is -2.82. The smallest absolute Gasteiger partial charge is 0.339 e. The second-order valence-electron chi connectivity index (χ2n) is 7.43. The van der Waals surface area contributed by atoms with Crippen molar-refractivity contribution in [1.82, 2.24) is 0 Å². The van der Waals surface area contributed by atoms with E-state index in [1.807, 2.05) is 39.8 Å². The minimum atomic E-state index is -1.22. The van der Waals surface area contributed by atoms with Gasteiger partial charge in [-0.1, -0.05) is 28.9 Å². The number of allylic oxidation sites excluding steroid dienone is 6. The summed E-state index contributed by atoms with van der Waals surface area (Å²) >= 11 is 0. The highest BCUT2D eigenvalue weighted by atomic mass is 16.4. The normalized spacial score (nSPS) is 12.0. The van der Waals surface area contributed by atoms with Crippen LogP contribution in [-0.2, 0) is 11.2 Å². The van der Waals surface area contributed by atoms with Crippen LogP contribution in [0.5, 0.6) is 11.5 Å². The van der Waals surface area contributed by atoms with Crippen molar-refractivity contribution in [3.63, 3.8) is 0 Å². The Morgan fingerprint density at radius 1 is 1.04 bits per heavy atom. The van der Waals surface area contributed by atoms with Gasteiger partial charge in [-0.05, 0) is 71.6 Å². The monoisotopic (exact) mass is 386 g/mol. The maximum absolute atomic E-state index is 11.8. The molecule has 5 heteroatoms. The third kappa shape index (κ3) is 7.06. The number of hydrogen-bond donors (Lipinski definition) is 3. The summed E-state index contributed by atoms with van der Waals surface area (Å²) in [4.78, 5) is 23.1. The van der Waals surface area contributed by atoms with Crippen LogP contribution < -0.4 is 0 Å². The molecule has 1 rings (SSSR count). The Morgan fingerprint density at radius 3 is 2.25 bits per heavy atom. The zero-order valence-corrected chi connectivity index (χ0v) is 17.3. The van der Waals surface area contributed by atoms with Gasteiger partial charge in [0.05, 0.1) is 0 Å². The number of aryl methyl sites for hydroxylation is 1. The minimum Gasteiger partial charge on any atom is -0.508 e. The van der Waals surface area contributed by atoms with E-state index in [0.29, 0.717) is 12.0 Å². The van der Waals surface area contributed by atoms with E-state index in [4.69, 9.17) is 0 Å². The standard InChI is InChI=1S/C23H30O5/c1-14(2)11-18(24)12-16(4)8-6-7-15(3)9-10-19-20(25)13-17(5)21(22(19)26)23(27)28/h8-9,11,13,25-26H,6-7,10,12H2,1-5H3,(H,27,28)/b15-9+,16-8+. The molecular weight excluding hydrogens is 356 g/mol. The molecule has 0 aliphatic rings. The minimum absolute atomic E-state index is 0.0978. The summed E-state index contributed by atoms with van der Waals surface area (Å²) in [7, 11) is 0. The predicted octanol–water partition coefficient (Wildman–Crippen LogP) is 5.25. The average Bonchev–Trinajstić information content (AvgIpc) is 2.52. The van der Waals surface area contributed by atoms with Gasteiger partial charge in [-0.15, -0.1) is 0 Å². The van der Waals surface area contributed by atoms with Gasteiger partial charge in [0.2, 0.25) is 0 Å². The third-order valence-electron chi connectivity index (χ3n) is 4.38. The first-order valence-corrected chi connectivity index (χ1v) is 9.29.